The minimum Gasteiger partial charge on any atom is -0.452 e. The van der Waals surface area contributed by atoms with Crippen LogP contribution < -0.4 is 10.6 Å². The quantitative estimate of drug-likeness (QED) is 0.324. The topological polar surface area (TPSA) is 128 Å². The van der Waals surface area contributed by atoms with Gasteiger partial charge in [0, 0.05) is 17.8 Å². The number of hydrogen-bond donors (Lipinski definition) is 2. The van der Waals surface area contributed by atoms with Crippen molar-refractivity contribution in [3.05, 3.63) is 86.3 Å². The van der Waals surface area contributed by atoms with Gasteiger partial charge in [0.25, 0.3) is 17.5 Å². The summed E-state index contributed by atoms with van der Waals surface area (Å²) in [5.41, 5.74) is -0.377. The number of esters is 1. The van der Waals surface area contributed by atoms with E-state index in [0.717, 1.165) is 18.2 Å². The normalized spacial score (nSPS) is 10.2. The van der Waals surface area contributed by atoms with Crippen molar-refractivity contribution >= 4 is 46.2 Å². The maximum atomic E-state index is 13.7. The minimum absolute atomic E-state index is 0.0818. The third-order valence-electron chi connectivity index (χ3n) is 3.87. The van der Waals surface area contributed by atoms with Gasteiger partial charge in [-0.2, -0.15) is 0 Å². The molecule has 3 rings (SSSR count). The molecule has 2 amide bonds. The highest BCUT2D eigenvalue weighted by Gasteiger charge is 2.16. The number of thiophene rings is 1. The number of carbonyl (C=O) groups is 3. The van der Waals surface area contributed by atoms with Crippen molar-refractivity contribution in [2.24, 2.45) is 0 Å². The van der Waals surface area contributed by atoms with Gasteiger partial charge in [-0.1, -0.05) is 12.1 Å². The molecule has 2 aromatic carbocycles. The molecule has 2 N–H and O–H groups in total. The Morgan fingerprint density at radius 1 is 1.06 bits per heavy atom. The van der Waals surface area contributed by atoms with Crippen LogP contribution in [0.25, 0.3) is 0 Å². The first kappa shape index (κ1) is 21.6. The Bertz CT molecular complexity index is 1150. The number of nitro benzene ring substituents is 1. The Labute approximate surface area is 178 Å². The van der Waals surface area contributed by atoms with E-state index in [1.54, 1.807) is 23.6 Å². The molecule has 0 aliphatic rings. The van der Waals surface area contributed by atoms with Crippen LogP contribution in [0.5, 0.6) is 0 Å². The number of benzene rings is 2. The summed E-state index contributed by atoms with van der Waals surface area (Å²) in [7, 11) is 0. The van der Waals surface area contributed by atoms with Crippen LogP contribution in [-0.4, -0.2) is 29.3 Å². The first-order valence-electron chi connectivity index (χ1n) is 8.69. The van der Waals surface area contributed by atoms with E-state index in [-0.39, 0.29) is 11.5 Å². The van der Waals surface area contributed by atoms with E-state index in [9.17, 15) is 28.9 Å². The van der Waals surface area contributed by atoms with Crippen LogP contribution in [0.3, 0.4) is 0 Å². The molecule has 0 spiro atoms. The van der Waals surface area contributed by atoms with Crippen molar-refractivity contribution in [3.8, 4) is 0 Å². The lowest BCUT2D eigenvalue weighted by Gasteiger charge is -2.09. The molecule has 0 saturated heterocycles. The fourth-order valence-corrected chi connectivity index (χ4v) is 3.07. The summed E-state index contributed by atoms with van der Waals surface area (Å²) in [6, 6.07) is 12.0. The number of anilines is 2. The zero-order valence-electron chi connectivity index (χ0n) is 15.7. The number of nitrogens with one attached hydrogen (secondary N) is 2. The SMILES string of the molecule is O=C(COC(=O)c1cccc(NC(=O)c2cccs2)c1)Nc1cc([N+](=O)[O-])ccc1F. The number of halogens is 1. The lowest BCUT2D eigenvalue weighted by Crippen LogP contribution is -2.21. The molecule has 0 saturated carbocycles. The molecule has 11 heteroatoms. The standard InChI is InChI=1S/C20H14FN3O6S/c21-15-7-6-14(24(28)29)10-16(15)23-18(25)11-30-20(27)12-3-1-4-13(9-12)22-19(26)17-5-2-8-31-17/h1-10H,11H2,(H,22,26)(H,23,25). The first-order valence-corrected chi connectivity index (χ1v) is 9.57. The number of nitrogens with zero attached hydrogens (tertiary/aromatic N) is 1. The number of rotatable bonds is 7. The molecule has 1 aromatic heterocycles. The lowest BCUT2D eigenvalue weighted by atomic mass is 10.2. The molecule has 9 nitrogen and oxygen atoms in total. The summed E-state index contributed by atoms with van der Waals surface area (Å²) in [6.07, 6.45) is 0. The lowest BCUT2D eigenvalue weighted by molar-refractivity contribution is -0.384. The molecule has 0 radical (unpaired) electrons. The van der Waals surface area contributed by atoms with Gasteiger partial charge in [-0.3, -0.25) is 19.7 Å². The van der Waals surface area contributed by atoms with Gasteiger partial charge in [0.15, 0.2) is 6.61 Å². The van der Waals surface area contributed by atoms with Crippen LogP contribution >= 0.6 is 11.3 Å². The molecule has 158 valence electrons. The number of carbonyl (C=O) groups excluding carboxylic acids is 3. The van der Waals surface area contributed by atoms with Crippen LogP contribution in [0.1, 0.15) is 20.0 Å². The van der Waals surface area contributed by atoms with Crippen LogP contribution in [0.4, 0.5) is 21.5 Å². The van der Waals surface area contributed by atoms with Gasteiger partial charge < -0.3 is 15.4 Å². The fourth-order valence-electron chi connectivity index (χ4n) is 2.45. The van der Waals surface area contributed by atoms with Crippen molar-refractivity contribution in [2.75, 3.05) is 17.2 Å². The van der Waals surface area contributed by atoms with Gasteiger partial charge in [-0.05, 0) is 35.7 Å². The Morgan fingerprint density at radius 2 is 1.87 bits per heavy atom. The third kappa shape index (κ3) is 5.70. The largest absolute Gasteiger partial charge is 0.452 e. The summed E-state index contributed by atoms with van der Waals surface area (Å²) >= 11 is 1.26. The average molecular weight is 443 g/mol. The fraction of sp³-hybridized carbons (Fsp3) is 0.0500. The van der Waals surface area contributed by atoms with Crippen molar-refractivity contribution in [2.45, 2.75) is 0 Å². The van der Waals surface area contributed by atoms with E-state index in [4.69, 9.17) is 4.74 Å². The van der Waals surface area contributed by atoms with Gasteiger partial charge in [0.05, 0.1) is 21.1 Å². The summed E-state index contributed by atoms with van der Waals surface area (Å²) in [4.78, 5) is 46.8. The van der Waals surface area contributed by atoms with Crippen molar-refractivity contribution in [3.63, 3.8) is 0 Å². The number of ether oxygens (including phenoxy) is 1. The van der Waals surface area contributed by atoms with Crippen LogP contribution in [0, 0.1) is 15.9 Å². The maximum Gasteiger partial charge on any atom is 0.338 e. The zero-order valence-corrected chi connectivity index (χ0v) is 16.5. The van der Waals surface area contributed by atoms with E-state index in [1.165, 1.54) is 29.5 Å². The monoisotopic (exact) mass is 443 g/mol. The molecule has 0 fully saturated rings. The second kappa shape index (κ2) is 9.59. The van der Waals surface area contributed by atoms with Gasteiger partial charge in [0.1, 0.15) is 5.82 Å². The molecule has 3 aromatic rings. The molecule has 0 aliphatic heterocycles. The number of hydrogen-bond acceptors (Lipinski definition) is 7. The smallest absolute Gasteiger partial charge is 0.338 e. The second-order valence-corrected chi connectivity index (χ2v) is 7.01. The summed E-state index contributed by atoms with van der Waals surface area (Å²) in [6.45, 7) is -0.743. The van der Waals surface area contributed by atoms with E-state index < -0.39 is 40.6 Å². The molecular formula is C20H14FN3O6S. The number of non-ortho nitro benzene ring substituents is 1. The van der Waals surface area contributed by atoms with Crippen LogP contribution in [0.15, 0.2) is 60.0 Å². The van der Waals surface area contributed by atoms with E-state index >= 15 is 0 Å². The highest BCUT2D eigenvalue weighted by atomic mass is 32.1. The summed E-state index contributed by atoms with van der Waals surface area (Å²) in [5, 5.41) is 17.3. The number of nitro groups is 1. The first-order chi connectivity index (χ1) is 14.8. The molecule has 1 heterocycles. The number of amides is 2. The van der Waals surface area contributed by atoms with Crippen molar-refractivity contribution in [1.29, 1.82) is 0 Å². The molecule has 0 aliphatic carbocycles. The maximum absolute atomic E-state index is 13.7. The molecule has 0 atom stereocenters. The molecular weight excluding hydrogens is 429 g/mol. The van der Waals surface area contributed by atoms with Gasteiger partial charge in [0.2, 0.25) is 0 Å². The Balaban J connectivity index is 1.58. The Kier molecular flexibility index (Phi) is 6.67. The van der Waals surface area contributed by atoms with Crippen molar-refractivity contribution < 1.29 is 28.4 Å². The van der Waals surface area contributed by atoms with Gasteiger partial charge >= 0.3 is 5.97 Å². The Morgan fingerprint density at radius 3 is 2.58 bits per heavy atom. The van der Waals surface area contributed by atoms with E-state index in [2.05, 4.69) is 10.6 Å². The third-order valence-corrected chi connectivity index (χ3v) is 4.74. The highest BCUT2D eigenvalue weighted by molar-refractivity contribution is 7.12. The Hall–Kier alpha value is -4.12. The molecule has 0 bridgehead atoms. The predicted molar refractivity (Wildman–Crippen MR) is 111 cm³/mol. The minimum atomic E-state index is -0.880. The second-order valence-electron chi connectivity index (χ2n) is 6.06. The molecule has 31 heavy (non-hydrogen) atoms. The van der Waals surface area contributed by atoms with Gasteiger partial charge in [-0.15, -0.1) is 11.3 Å². The zero-order chi connectivity index (χ0) is 22.4. The highest BCUT2D eigenvalue weighted by Crippen LogP contribution is 2.21. The van der Waals surface area contributed by atoms with Gasteiger partial charge in [-0.25, -0.2) is 9.18 Å². The van der Waals surface area contributed by atoms with Crippen LogP contribution in [-0.2, 0) is 9.53 Å². The van der Waals surface area contributed by atoms with E-state index in [0.29, 0.717) is 10.6 Å². The predicted octanol–water partition coefficient (Wildman–Crippen LogP) is 3.84. The molecule has 0 unspecified atom stereocenters. The van der Waals surface area contributed by atoms with Crippen LogP contribution in [0.2, 0.25) is 0 Å². The summed E-state index contributed by atoms with van der Waals surface area (Å²) < 4.78 is 18.6. The summed E-state index contributed by atoms with van der Waals surface area (Å²) in [5.74, 6) is -2.94. The van der Waals surface area contributed by atoms with Crippen molar-refractivity contribution in [1.82, 2.24) is 0 Å². The average Bonchev–Trinajstić information content (AvgIpc) is 3.29. The van der Waals surface area contributed by atoms with E-state index in [1.807, 2.05) is 0 Å².